The Morgan fingerprint density at radius 3 is 2.13 bits per heavy atom. The van der Waals surface area contributed by atoms with E-state index in [0.29, 0.717) is 26.9 Å². The maximum atomic E-state index is 14.2. The summed E-state index contributed by atoms with van der Waals surface area (Å²) < 4.78 is 24.4. The van der Waals surface area contributed by atoms with Crippen LogP contribution in [0.25, 0.3) is 0 Å². The number of rotatable bonds is 3. The van der Waals surface area contributed by atoms with E-state index in [1.54, 1.807) is 6.92 Å². The monoisotopic (exact) mass is 646 g/mol. The lowest BCUT2D eigenvalue weighted by molar-refractivity contribution is -0.214. The lowest BCUT2D eigenvalue weighted by Gasteiger charge is -2.63. The van der Waals surface area contributed by atoms with E-state index in [1.165, 1.54) is 27.7 Å². The largest absolute Gasteiger partial charge is 0.462 e. The lowest BCUT2D eigenvalue weighted by atomic mass is 9.44. The maximum absolute atomic E-state index is 14.2. The van der Waals surface area contributed by atoms with Crippen LogP contribution in [0.1, 0.15) is 75.2 Å². The SMILES string of the molecule is CC(=O)OC1C2C3CC(=O)C4CPC(C)C(OC(C)=O)[C@]4(C)C3CC(OC(C)=O)[C@]2(C)C2C(C)C=C3OC(=O)[C@@](C)(O)[C@]3(C)C12. The molecule has 248 valence electrons. The average Bonchev–Trinajstić information content (AvgIpc) is 3.28. The molecule has 2 aliphatic heterocycles. The minimum atomic E-state index is -1.92. The fraction of sp³-hybridized carbons (Fsp3) is 0.794. The Morgan fingerprint density at radius 2 is 1.53 bits per heavy atom. The van der Waals surface area contributed by atoms with Gasteiger partial charge < -0.3 is 24.1 Å². The zero-order valence-corrected chi connectivity index (χ0v) is 28.7. The van der Waals surface area contributed by atoms with Gasteiger partial charge in [0.15, 0.2) is 5.60 Å². The van der Waals surface area contributed by atoms with E-state index in [2.05, 4.69) is 20.8 Å². The molecule has 16 atom stereocenters. The molecule has 11 heteroatoms. The summed E-state index contributed by atoms with van der Waals surface area (Å²) in [6.45, 7) is 15.6. The molecule has 0 aromatic carbocycles. The normalized spacial score (nSPS) is 51.9. The smallest absolute Gasteiger partial charge is 0.343 e. The number of carbonyl (C=O) groups is 5. The van der Waals surface area contributed by atoms with Crippen molar-refractivity contribution < 1.29 is 48.0 Å². The van der Waals surface area contributed by atoms with Crippen LogP contribution in [0.4, 0.5) is 0 Å². The summed E-state index contributed by atoms with van der Waals surface area (Å²) in [4.78, 5) is 65.6. The minimum absolute atomic E-state index is 0.0417. The summed E-state index contributed by atoms with van der Waals surface area (Å²) in [5.74, 6) is -3.99. The molecular formula is C34H47O10P. The highest BCUT2D eigenvalue weighted by molar-refractivity contribution is 7.39. The second-order valence-corrected chi connectivity index (χ2v) is 17.2. The van der Waals surface area contributed by atoms with Crippen LogP contribution in [-0.2, 0) is 42.9 Å². The number of esters is 4. The van der Waals surface area contributed by atoms with Crippen LogP contribution in [0.2, 0.25) is 0 Å². The number of ketones is 1. The van der Waals surface area contributed by atoms with E-state index in [9.17, 15) is 29.1 Å². The Labute approximate surface area is 266 Å². The van der Waals surface area contributed by atoms with Gasteiger partial charge in [-0.3, -0.25) is 19.2 Å². The molecule has 0 spiro atoms. The predicted molar refractivity (Wildman–Crippen MR) is 163 cm³/mol. The Balaban J connectivity index is 1.59. The topological polar surface area (TPSA) is 143 Å². The number of aliphatic hydroxyl groups is 1. The molecule has 0 bridgehead atoms. The van der Waals surface area contributed by atoms with Gasteiger partial charge in [0.25, 0.3) is 0 Å². The van der Waals surface area contributed by atoms with Crippen molar-refractivity contribution in [3.63, 3.8) is 0 Å². The van der Waals surface area contributed by atoms with Crippen molar-refractivity contribution in [2.45, 2.75) is 105 Å². The van der Waals surface area contributed by atoms with Crippen LogP contribution in [0.15, 0.2) is 11.8 Å². The van der Waals surface area contributed by atoms with Gasteiger partial charge in [-0.05, 0) is 56.2 Å². The Morgan fingerprint density at radius 1 is 0.911 bits per heavy atom. The Hall–Kier alpha value is -2.32. The van der Waals surface area contributed by atoms with Gasteiger partial charge in [-0.2, -0.15) is 0 Å². The zero-order valence-electron chi connectivity index (χ0n) is 27.7. The molecule has 6 aliphatic rings. The van der Waals surface area contributed by atoms with E-state index >= 15 is 0 Å². The first kappa shape index (κ1) is 32.6. The molecule has 0 amide bonds. The van der Waals surface area contributed by atoms with Gasteiger partial charge in [0.1, 0.15) is 29.9 Å². The van der Waals surface area contributed by atoms with Crippen LogP contribution in [-0.4, -0.2) is 70.5 Å². The molecule has 0 aromatic rings. The average molecular weight is 647 g/mol. The Bertz CT molecular complexity index is 1390. The van der Waals surface area contributed by atoms with Crippen molar-refractivity contribution in [1.29, 1.82) is 0 Å². The van der Waals surface area contributed by atoms with E-state index in [0.717, 1.165) is 0 Å². The molecule has 0 radical (unpaired) electrons. The summed E-state index contributed by atoms with van der Waals surface area (Å²) in [6.07, 6.45) is 1.37. The first-order chi connectivity index (χ1) is 20.8. The second-order valence-electron chi connectivity index (χ2n) is 15.5. The highest BCUT2D eigenvalue weighted by Crippen LogP contribution is 2.75. The molecule has 6 rings (SSSR count). The van der Waals surface area contributed by atoms with Crippen molar-refractivity contribution >= 4 is 38.2 Å². The van der Waals surface area contributed by atoms with E-state index in [4.69, 9.17) is 18.9 Å². The van der Waals surface area contributed by atoms with Gasteiger partial charge in [0, 0.05) is 61.4 Å². The van der Waals surface area contributed by atoms with Gasteiger partial charge in [0.05, 0.1) is 5.41 Å². The third-order valence-electron chi connectivity index (χ3n) is 13.4. The molecule has 4 aliphatic carbocycles. The van der Waals surface area contributed by atoms with Crippen LogP contribution in [0.3, 0.4) is 0 Å². The highest BCUT2D eigenvalue weighted by Gasteiger charge is 2.79. The van der Waals surface area contributed by atoms with Gasteiger partial charge in [-0.1, -0.05) is 27.7 Å². The second kappa shape index (κ2) is 10.3. The highest BCUT2D eigenvalue weighted by atomic mass is 31.1. The van der Waals surface area contributed by atoms with Crippen molar-refractivity contribution in [1.82, 2.24) is 0 Å². The number of hydrogen-bond donors (Lipinski definition) is 1. The molecule has 3 saturated carbocycles. The first-order valence-electron chi connectivity index (χ1n) is 16.3. The van der Waals surface area contributed by atoms with Crippen molar-refractivity contribution in [2.75, 3.05) is 6.16 Å². The number of hydrogen-bond acceptors (Lipinski definition) is 10. The number of carbonyl (C=O) groups excluding carboxylic acids is 5. The predicted octanol–water partition coefficient (Wildman–Crippen LogP) is 3.81. The van der Waals surface area contributed by atoms with Gasteiger partial charge in [0.2, 0.25) is 0 Å². The third-order valence-corrected chi connectivity index (χ3v) is 15.0. The molecule has 2 heterocycles. The van der Waals surface area contributed by atoms with E-state index in [1.807, 2.05) is 13.0 Å². The standard InChI is InChI=1S/C34H47O10P/c1-14-10-24-33(8,34(9,40)30(39)44-24)27-25(14)32(7)23(41-16(3)35)12-20-19(26(32)28(27)42-17(4)36)11-22(38)21-13-45-15(2)29(31(20,21)6)43-18(5)37/h10,14-15,19-21,23,25-29,40,45H,11-13H2,1-9H3/t14?,15?,19?,20?,21?,23?,25?,26?,27?,28?,29?,31-,32-,33+,34-/m1/s1. The summed E-state index contributed by atoms with van der Waals surface area (Å²) in [6, 6.07) is 0. The fourth-order valence-electron chi connectivity index (χ4n) is 11.6. The van der Waals surface area contributed by atoms with Crippen LogP contribution >= 0.6 is 8.58 Å². The van der Waals surface area contributed by atoms with Gasteiger partial charge in [-0.25, -0.2) is 4.79 Å². The summed E-state index contributed by atoms with van der Waals surface area (Å²) in [5, 5.41) is 11.8. The van der Waals surface area contributed by atoms with Crippen LogP contribution < -0.4 is 0 Å². The molecule has 0 aromatic heterocycles. The number of Topliss-reactive ketones (excluding diaryl/α,β-unsaturated/α-hetero) is 1. The third kappa shape index (κ3) is 4.15. The van der Waals surface area contributed by atoms with Gasteiger partial charge >= 0.3 is 23.9 Å². The molecule has 12 unspecified atom stereocenters. The number of allylic oxidation sites excluding steroid dienone is 1. The van der Waals surface area contributed by atoms with Crippen molar-refractivity contribution in [2.24, 2.45) is 57.7 Å². The fourth-order valence-corrected chi connectivity index (χ4v) is 13.5. The molecule has 10 nitrogen and oxygen atoms in total. The maximum Gasteiger partial charge on any atom is 0.343 e. The molecule has 2 saturated heterocycles. The summed E-state index contributed by atoms with van der Waals surface area (Å²) >= 11 is 0. The number of ether oxygens (including phenoxy) is 4. The van der Waals surface area contributed by atoms with Crippen molar-refractivity contribution in [3.05, 3.63) is 11.8 Å². The lowest BCUT2D eigenvalue weighted by Crippen LogP contribution is -2.66. The first-order valence-corrected chi connectivity index (χ1v) is 17.6. The van der Waals surface area contributed by atoms with E-state index in [-0.39, 0.29) is 47.5 Å². The quantitative estimate of drug-likeness (QED) is 0.273. The van der Waals surface area contributed by atoms with Gasteiger partial charge in [-0.15, -0.1) is 8.58 Å². The summed E-state index contributed by atoms with van der Waals surface area (Å²) in [7, 11) is 0.462. The number of fused-ring (bicyclic) bond motifs is 9. The summed E-state index contributed by atoms with van der Waals surface area (Å²) in [5.41, 5.74) is -4.66. The molecule has 45 heavy (non-hydrogen) atoms. The minimum Gasteiger partial charge on any atom is -0.462 e. The molecular weight excluding hydrogens is 599 g/mol. The van der Waals surface area contributed by atoms with Crippen LogP contribution in [0, 0.1) is 57.7 Å². The van der Waals surface area contributed by atoms with Crippen LogP contribution in [0.5, 0.6) is 0 Å². The molecule has 5 fully saturated rings. The Kier molecular flexibility index (Phi) is 7.49. The van der Waals surface area contributed by atoms with Crippen molar-refractivity contribution in [3.8, 4) is 0 Å². The zero-order chi connectivity index (χ0) is 33.2. The molecule has 1 N–H and O–H groups in total. The van der Waals surface area contributed by atoms with E-state index < -0.39 is 75.9 Å².